The Morgan fingerprint density at radius 3 is 1.79 bits per heavy atom. The maximum absolute atomic E-state index is 13.9. The van der Waals surface area contributed by atoms with Gasteiger partial charge in [-0.05, 0) is 109 Å². The monoisotopic (exact) mass is 691 g/mol. The summed E-state index contributed by atoms with van der Waals surface area (Å²) < 4.78 is 77.3. The van der Waals surface area contributed by atoms with Crippen LogP contribution in [0.4, 0.5) is 8.78 Å². The molecule has 1 N–H and O–H groups in total. The fourth-order valence-electron chi connectivity index (χ4n) is 3.93. The van der Waals surface area contributed by atoms with Crippen LogP contribution in [0.15, 0.2) is 87.5 Å². The quantitative estimate of drug-likeness (QED) is 0.158. The first kappa shape index (κ1) is 30.2. The fraction of sp³-hybridized carbons (Fsp3) is 0.357. The third kappa shape index (κ3) is 6.76. The summed E-state index contributed by atoms with van der Waals surface area (Å²) in [6.07, 6.45) is -2.09. The van der Waals surface area contributed by atoms with Crippen LogP contribution in [-0.2, 0) is 36.3 Å². The number of rotatable bonds is 8. The zero-order valence-corrected chi connectivity index (χ0v) is 25.6. The van der Waals surface area contributed by atoms with E-state index in [2.05, 4.69) is 48.6 Å². The molecule has 0 spiro atoms. The number of hydrogen-bond acceptors (Lipinski definition) is 5. The van der Waals surface area contributed by atoms with Crippen LogP contribution >= 0.6 is 22.6 Å². The van der Waals surface area contributed by atoms with E-state index in [0.717, 1.165) is 30.7 Å². The van der Waals surface area contributed by atoms with E-state index in [1.165, 1.54) is 12.1 Å². The third-order valence-corrected chi connectivity index (χ3v) is 10.3. The number of halogens is 3. The van der Waals surface area contributed by atoms with Gasteiger partial charge in [0.15, 0.2) is 26.6 Å². The molecule has 0 radical (unpaired) electrons. The molecule has 0 aromatic heterocycles. The number of alkyl halides is 2. The van der Waals surface area contributed by atoms with Crippen molar-refractivity contribution in [2.24, 2.45) is 5.41 Å². The van der Waals surface area contributed by atoms with Gasteiger partial charge in [-0.1, -0.05) is 13.8 Å². The van der Waals surface area contributed by atoms with Crippen molar-refractivity contribution in [1.29, 1.82) is 0 Å². The summed E-state index contributed by atoms with van der Waals surface area (Å²) in [5, 5.41) is -4.45. The lowest BCUT2D eigenvalue weighted by molar-refractivity contribution is -0.298. The van der Waals surface area contributed by atoms with Crippen molar-refractivity contribution >= 4 is 43.6 Å². The Balaban J connectivity index is 1.62. The molecule has 0 bridgehead atoms. The van der Waals surface area contributed by atoms with Crippen molar-refractivity contribution in [2.75, 3.05) is 13.2 Å². The van der Waals surface area contributed by atoms with Crippen LogP contribution < -0.4 is 4.74 Å². The van der Waals surface area contributed by atoms with Crippen molar-refractivity contribution in [3.05, 3.63) is 81.9 Å². The van der Waals surface area contributed by atoms with Crippen LogP contribution in [0.2, 0.25) is 0 Å². The standard InChI is InChI=1S/C28H29F2IO6S2/c1-19(28(29,30)39(32,33)34)37-22-9-15-25(16-10-22)38(24-13-7-21(31)8-14-24)23-11-5-20(6-12-23)27(4)35-17-26(2,3)18-36-27/h5-16,19H,17-18H2,1-4H3/p+1. The highest BCUT2D eigenvalue weighted by molar-refractivity contribution is 14.1. The van der Waals surface area contributed by atoms with Gasteiger partial charge in [-0.15, -0.1) is 0 Å². The molecule has 0 saturated carbocycles. The highest BCUT2D eigenvalue weighted by Gasteiger charge is 2.51. The van der Waals surface area contributed by atoms with E-state index in [-0.39, 0.29) is 11.2 Å². The second-order valence-corrected chi connectivity index (χ2v) is 15.0. The van der Waals surface area contributed by atoms with Gasteiger partial charge in [-0.3, -0.25) is 4.55 Å². The lowest BCUT2D eigenvalue weighted by Crippen LogP contribution is -2.43. The summed E-state index contributed by atoms with van der Waals surface area (Å²) >= 11 is 2.25. The molecule has 0 amide bonds. The Morgan fingerprint density at radius 2 is 1.33 bits per heavy atom. The van der Waals surface area contributed by atoms with Crippen LogP contribution in [0.3, 0.4) is 0 Å². The summed E-state index contributed by atoms with van der Waals surface area (Å²) in [6.45, 7) is 8.17. The van der Waals surface area contributed by atoms with Crippen molar-refractivity contribution in [3.8, 4) is 5.75 Å². The zero-order valence-electron chi connectivity index (χ0n) is 21.9. The van der Waals surface area contributed by atoms with E-state index in [9.17, 15) is 17.2 Å². The molecule has 210 valence electrons. The van der Waals surface area contributed by atoms with Gasteiger partial charge in [0.1, 0.15) is 5.75 Å². The van der Waals surface area contributed by atoms with Gasteiger partial charge < -0.3 is 14.2 Å². The summed E-state index contributed by atoms with van der Waals surface area (Å²) in [4.78, 5) is 2.99. The highest BCUT2D eigenvalue weighted by Crippen LogP contribution is 2.38. The molecule has 39 heavy (non-hydrogen) atoms. The zero-order chi connectivity index (χ0) is 28.6. The van der Waals surface area contributed by atoms with Gasteiger partial charge in [-0.25, -0.2) is 0 Å². The Hall–Kier alpha value is -1.77. The van der Waals surface area contributed by atoms with E-state index in [1.54, 1.807) is 12.1 Å². The molecule has 1 heterocycles. The maximum atomic E-state index is 13.9. The summed E-state index contributed by atoms with van der Waals surface area (Å²) in [6, 6.07) is 22.8. The van der Waals surface area contributed by atoms with Gasteiger partial charge in [0.05, 0.1) is 24.1 Å². The minimum absolute atomic E-state index is 0.0489. The SMILES string of the molecule is CC(Oc1ccc([S+](c2ccc(I)cc2)c2ccc(C3(C)OCC(C)(C)CO3)cc2)cc1)C(F)(F)S(=O)(=O)O. The highest BCUT2D eigenvalue weighted by atomic mass is 127. The van der Waals surface area contributed by atoms with Crippen LogP contribution in [0.1, 0.15) is 33.3 Å². The molecule has 0 aliphatic carbocycles. The molecule has 1 aliphatic rings. The first-order valence-corrected chi connectivity index (χ1v) is 15.9. The summed E-state index contributed by atoms with van der Waals surface area (Å²) in [7, 11) is -6.16. The van der Waals surface area contributed by atoms with E-state index in [4.69, 9.17) is 18.8 Å². The molecule has 3 aromatic rings. The number of ether oxygens (including phenoxy) is 3. The Kier molecular flexibility index (Phi) is 8.71. The number of hydrogen-bond donors (Lipinski definition) is 1. The largest absolute Gasteiger partial charge is 0.483 e. The van der Waals surface area contributed by atoms with Crippen molar-refractivity contribution in [2.45, 2.75) is 59.5 Å². The molecule has 4 rings (SSSR count). The second kappa shape index (κ2) is 11.2. The van der Waals surface area contributed by atoms with Gasteiger partial charge in [0.2, 0.25) is 0 Å². The fourth-order valence-corrected chi connectivity index (χ4v) is 6.79. The van der Waals surface area contributed by atoms with Crippen molar-refractivity contribution < 1.29 is 36.0 Å². The molecule has 1 saturated heterocycles. The maximum Gasteiger partial charge on any atom is 0.405 e. The summed E-state index contributed by atoms with van der Waals surface area (Å²) in [5.41, 5.74) is 0.859. The molecule has 11 heteroatoms. The lowest BCUT2D eigenvalue weighted by Gasteiger charge is -2.41. The average molecular weight is 692 g/mol. The number of benzene rings is 3. The normalized spacial score (nSPS) is 18.8. The third-order valence-electron chi connectivity index (χ3n) is 6.33. The van der Waals surface area contributed by atoms with E-state index < -0.39 is 38.2 Å². The topological polar surface area (TPSA) is 82.1 Å². The van der Waals surface area contributed by atoms with Gasteiger partial charge in [0.25, 0.3) is 0 Å². The molecule has 1 fully saturated rings. The molecule has 3 aromatic carbocycles. The first-order valence-electron chi connectivity index (χ1n) is 12.1. The van der Waals surface area contributed by atoms with Gasteiger partial charge in [0, 0.05) is 14.5 Å². The van der Waals surface area contributed by atoms with Crippen molar-refractivity contribution in [3.63, 3.8) is 0 Å². The molecule has 1 aliphatic heterocycles. The van der Waals surface area contributed by atoms with Crippen LogP contribution in [0, 0.1) is 8.99 Å². The van der Waals surface area contributed by atoms with Gasteiger partial charge >= 0.3 is 15.4 Å². The smallest absolute Gasteiger partial charge is 0.405 e. The summed E-state index contributed by atoms with van der Waals surface area (Å²) in [5.74, 6) is -0.784. The Morgan fingerprint density at radius 1 is 0.897 bits per heavy atom. The van der Waals surface area contributed by atoms with Crippen LogP contribution in [0.5, 0.6) is 5.75 Å². The average Bonchev–Trinajstić information content (AvgIpc) is 2.88. The molecule has 6 nitrogen and oxygen atoms in total. The lowest BCUT2D eigenvalue weighted by atomic mass is 9.94. The molecule has 2 unspecified atom stereocenters. The predicted octanol–water partition coefficient (Wildman–Crippen LogP) is 6.88. The van der Waals surface area contributed by atoms with E-state index in [0.29, 0.717) is 13.2 Å². The minimum atomic E-state index is -5.62. The molecular weight excluding hydrogens is 661 g/mol. The van der Waals surface area contributed by atoms with E-state index in [1.807, 2.05) is 43.3 Å². The van der Waals surface area contributed by atoms with Gasteiger partial charge in [-0.2, -0.15) is 17.2 Å². The van der Waals surface area contributed by atoms with Crippen molar-refractivity contribution in [1.82, 2.24) is 0 Å². The Bertz CT molecular complexity index is 1390. The second-order valence-electron chi connectivity index (χ2n) is 10.2. The van der Waals surface area contributed by atoms with E-state index >= 15 is 0 Å². The van der Waals surface area contributed by atoms with Crippen LogP contribution in [0.25, 0.3) is 0 Å². The minimum Gasteiger partial charge on any atom is -0.483 e. The first-order chi connectivity index (χ1) is 18.1. The Labute approximate surface area is 244 Å². The molecule has 2 atom stereocenters. The van der Waals surface area contributed by atoms with Crippen LogP contribution in [-0.4, -0.2) is 37.5 Å². The predicted molar refractivity (Wildman–Crippen MR) is 154 cm³/mol. The molecular formula is C28H30F2IO6S2+.